The van der Waals surface area contributed by atoms with Crippen molar-refractivity contribution in [3.63, 3.8) is 0 Å². The van der Waals surface area contributed by atoms with Crippen molar-refractivity contribution in [2.24, 2.45) is 5.10 Å². The van der Waals surface area contributed by atoms with Gasteiger partial charge in [-0.2, -0.15) is 5.10 Å². The van der Waals surface area contributed by atoms with E-state index in [0.717, 1.165) is 24.9 Å². The highest BCUT2D eigenvalue weighted by atomic mass is 16.7. The predicted octanol–water partition coefficient (Wildman–Crippen LogP) is 2.73. The molecule has 0 spiro atoms. The first-order valence-corrected chi connectivity index (χ1v) is 7.83. The van der Waals surface area contributed by atoms with Crippen LogP contribution in [0.4, 0.5) is 5.82 Å². The standard InChI is InChI=1S/C13H16N4O2.C3H8.CH4O/c1-11(18)16(2)19-10-12-5-6-13(14-9-12)17-8-4-3-7-15-17;1-3-2;1-2/h4-9H,3,10H2,1-2H3;3H2,1-2H3;2H,1H3. The number of allylic oxidation sites excluding steroid dienone is 1. The molecule has 0 bridgehead atoms. The molecule has 0 radical (unpaired) electrons. The summed E-state index contributed by atoms with van der Waals surface area (Å²) in [6.45, 7) is 6.00. The van der Waals surface area contributed by atoms with Crippen LogP contribution in [-0.2, 0) is 16.2 Å². The van der Waals surface area contributed by atoms with E-state index in [0.29, 0.717) is 6.61 Å². The van der Waals surface area contributed by atoms with Gasteiger partial charge in [-0.3, -0.25) is 9.63 Å². The van der Waals surface area contributed by atoms with Crippen molar-refractivity contribution in [1.29, 1.82) is 0 Å². The van der Waals surface area contributed by atoms with Crippen LogP contribution in [0, 0.1) is 0 Å². The SMILES string of the molecule is CC(=O)N(C)OCc1ccc(N2C=CCC=N2)nc1.CCC.CO. The molecule has 2 heterocycles. The zero-order valence-corrected chi connectivity index (χ0v) is 15.1. The third-order valence-corrected chi connectivity index (χ3v) is 2.61. The predicted molar refractivity (Wildman–Crippen MR) is 96.3 cm³/mol. The lowest BCUT2D eigenvalue weighted by Gasteiger charge is -2.16. The number of aromatic nitrogens is 1. The molecule has 2 rings (SSSR count). The summed E-state index contributed by atoms with van der Waals surface area (Å²) in [5.41, 5.74) is 0.891. The number of pyridine rings is 1. The largest absolute Gasteiger partial charge is 0.400 e. The van der Waals surface area contributed by atoms with Gasteiger partial charge in [0.1, 0.15) is 6.61 Å². The zero-order chi connectivity index (χ0) is 18.4. The van der Waals surface area contributed by atoms with Gasteiger partial charge in [0.2, 0.25) is 5.91 Å². The smallest absolute Gasteiger partial charge is 0.242 e. The molecule has 1 N–H and O–H groups in total. The fourth-order valence-corrected chi connectivity index (χ4v) is 1.43. The molecule has 0 atom stereocenters. The molecule has 1 aliphatic rings. The Balaban J connectivity index is 0.000000952. The van der Waals surface area contributed by atoms with Crippen molar-refractivity contribution in [3.05, 3.63) is 36.2 Å². The number of anilines is 1. The monoisotopic (exact) mass is 336 g/mol. The number of aliphatic hydroxyl groups excluding tert-OH is 1. The van der Waals surface area contributed by atoms with Gasteiger partial charge >= 0.3 is 0 Å². The number of aliphatic hydroxyl groups is 1. The van der Waals surface area contributed by atoms with Crippen LogP contribution in [0.5, 0.6) is 0 Å². The molecular weight excluding hydrogens is 308 g/mol. The molecule has 7 heteroatoms. The summed E-state index contributed by atoms with van der Waals surface area (Å²) in [5, 5.41) is 14.1. The number of amides is 1. The van der Waals surface area contributed by atoms with E-state index in [9.17, 15) is 4.79 Å². The molecule has 1 aromatic rings. The highest BCUT2D eigenvalue weighted by Crippen LogP contribution is 2.14. The summed E-state index contributed by atoms with van der Waals surface area (Å²) in [7, 11) is 2.58. The molecule has 7 nitrogen and oxygen atoms in total. The molecule has 1 aliphatic heterocycles. The molecule has 134 valence electrons. The lowest BCUT2D eigenvalue weighted by molar-refractivity contribution is -0.180. The summed E-state index contributed by atoms with van der Waals surface area (Å²) in [6, 6.07) is 3.76. The maximum atomic E-state index is 11.0. The minimum absolute atomic E-state index is 0.141. The maximum Gasteiger partial charge on any atom is 0.242 e. The van der Waals surface area contributed by atoms with E-state index in [-0.39, 0.29) is 5.91 Å². The average molecular weight is 336 g/mol. The number of carbonyl (C=O) groups is 1. The van der Waals surface area contributed by atoms with Crippen LogP contribution >= 0.6 is 0 Å². The Morgan fingerprint density at radius 2 is 2.04 bits per heavy atom. The molecule has 0 saturated carbocycles. The lowest BCUT2D eigenvalue weighted by atomic mass is 10.3. The van der Waals surface area contributed by atoms with E-state index in [1.54, 1.807) is 18.3 Å². The Bertz CT molecular complexity index is 503. The van der Waals surface area contributed by atoms with Crippen LogP contribution in [0.2, 0.25) is 0 Å². The van der Waals surface area contributed by atoms with Crippen LogP contribution in [0.3, 0.4) is 0 Å². The third kappa shape index (κ3) is 8.40. The number of hydrazone groups is 1. The number of nitrogens with zero attached hydrogens (tertiary/aromatic N) is 4. The molecule has 24 heavy (non-hydrogen) atoms. The minimum Gasteiger partial charge on any atom is -0.400 e. The van der Waals surface area contributed by atoms with Gasteiger partial charge in [-0.1, -0.05) is 32.4 Å². The van der Waals surface area contributed by atoms with E-state index >= 15 is 0 Å². The van der Waals surface area contributed by atoms with Crippen LogP contribution in [-0.4, -0.2) is 41.4 Å². The van der Waals surface area contributed by atoms with Gasteiger partial charge < -0.3 is 5.11 Å². The fourth-order valence-electron chi connectivity index (χ4n) is 1.43. The van der Waals surface area contributed by atoms with Crippen molar-refractivity contribution in [1.82, 2.24) is 10.0 Å². The van der Waals surface area contributed by atoms with Crippen molar-refractivity contribution in [2.45, 2.75) is 40.2 Å². The van der Waals surface area contributed by atoms with Crippen molar-refractivity contribution >= 4 is 17.9 Å². The van der Waals surface area contributed by atoms with E-state index in [1.165, 1.54) is 18.4 Å². The van der Waals surface area contributed by atoms with E-state index in [2.05, 4.69) is 23.9 Å². The number of hydroxylamine groups is 2. The summed E-state index contributed by atoms with van der Waals surface area (Å²) >= 11 is 0. The van der Waals surface area contributed by atoms with E-state index in [4.69, 9.17) is 9.94 Å². The topological polar surface area (TPSA) is 78.3 Å². The Morgan fingerprint density at radius 3 is 2.50 bits per heavy atom. The van der Waals surface area contributed by atoms with E-state index < -0.39 is 0 Å². The molecule has 0 unspecified atom stereocenters. The van der Waals surface area contributed by atoms with Gasteiger partial charge in [-0.05, 0) is 11.6 Å². The third-order valence-electron chi connectivity index (χ3n) is 2.61. The Hall–Kier alpha value is -2.25. The number of rotatable bonds is 4. The quantitative estimate of drug-likeness (QED) is 0.855. The number of hydrogen-bond acceptors (Lipinski definition) is 6. The molecule has 0 fully saturated rings. The molecule has 0 aliphatic carbocycles. The first-order chi connectivity index (χ1) is 11.6. The molecule has 1 aromatic heterocycles. The Kier molecular flexibility index (Phi) is 12.0. The zero-order valence-electron chi connectivity index (χ0n) is 15.1. The first-order valence-electron chi connectivity index (χ1n) is 7.83. The van der Waals surface area contributed by atoms with Gasteiger partial charge in [0.25, 0.3) is 0 Å². The maximum absolute atomic E-state index is 11.0. The van der Waals surface area contributed by atoms with Crippen LogP contribution < -0.4 is 5.01 Å². The normalized spacial score (nSPS) is 11.8. The van der Waals surface area contributed by atoms with Crippen molar-refractivity contribution in [2.75, 3.05) is 19.2 Å². The Morgan fingerprint density at radius 1 is 1.38 bits per heavy atom. The highest BCUT2D eigenvalue weighted by molar-refractivity contribution is 5.71. The fraction of sp³-hybridized carbons (Fsp3) is 0.471. The van der Waals surface area contributed by atoms with Crippen LogP contribution in [0.25, 0.3) is 0 Å². The first kappa shape index (κ1) is 21.8. The van der Waals surface area contributed by atoms with Crippen LogP contribution in [0.1, 0.15) is 39.2 Å². The van der Waals surface area contributed by atoms with Gasteiger partial charge in [0.15, 0.2) is 5.82 Å². The molecular formula is C17H28N4O3. The summed E-state index contributed by atoms with van der Waals surface area (Å²) in [4.78, 5) is 20.5. The molecule has 0 saturated heterocycles. The van der Waals surface area contributed by atoms with Crippen molar-refractivity contribution in [3.8, 4) is 0 Å². The van der Waals surface area contributed by atoms with Gasteiger partial charge in [0.05, 0.1) is 0 Å². The van der Waals surface area contributed by atoms with Gasteiger partial charge in [-0.25, -0.2) is 15.1 Å². The second-order valence-electron chi connectivity index (χ2n) is 4.78. The second kappa shape index (κ2) is 13.2. The molecule has 0 aromatic carbocycles. The Labute approximate surface area is 144 Å². The molecule has 1 amide bonds. The van der Waals surface area contributed by atoms with Crippen molar-refractivity contribution < 1.29 is 14.7 Å². The van der Waals surface area contributed by atoms with Gasteiger partial charge in [0, 0.05) is 46.1 Å². The summed E-state index contributed by atoms with van der Waals surface area (Å²) in [6.07, 6.45) is 9.51. The highest BCUT2D eigenvalue weighted by Gasteiger charge is 2.06. The lowest BCUT2D eigenvalue weighted by Crippen LogP contribution is -2.23. The van der Waals surface area contributed by atoms with E-state index in [1.807, 2.05) is 30.6 Å². The average Bonchev–Trinajstić information content (AvgIpc) is 2.63. The second-order valence-corrected chi connectivity index (χ2v) is 4.78. The summed E-state index contributed by atoms with van der Waals surface area (Å²) in [5.74, 6) is 0.605. The number of carbonyl (C=O) groups excluding carboxylic acids is 1. The van der Waals surface area contributed by atoms with Crippen LogP contribution in [0.15, 0.2) is 35.7 Å². The van der Waals surface area contributed by atoms with Gasteiger partial charge in [-0.15, -0.1) is 0 Å². The minimum atomic E-state index is -0.141. The summed E-state index contributed by atoms with van der Waals surface area (Å²) < 4.78 is 0. The number of hydrogen-bond donors (Lipinski definition) is 1.